The average molecular weight is 368 g/mol. The van der Waals surface area contributed by atoms with Crippen molar-refractivity contribution < 1.29 is 28.8 Å². The van der Waals surface area contributed by atoms with Gasteiger partial charge in [0.15, 0.2) is 11.5 Å². The predicted molar refractivity (Wildman–Crippen MR) is 86.8 cm³/mol. The molecule has 0 aliphatic heterocycles. The fourth-order valence-electron chi connectivity index (χ4n) is 2.80. The third-order valence-corrected chi connectivity index (χ3v) is 4.04. The molecule has 2 aromatic rings. The molecule has 2 aromatic carbocycles. The second-order valence-electron chi connectivity index (χ2n) is 5.72. The Morgan fingerprint density at radius 3 is 1.46 bits per heavy atom. The first-order valence-corrected chi connectivity index (χ1v) is 7.28. The molecule has 10 heteroatoms. The predicted octanol–water partition coefficient (Wildman–Crippen LogP) is 3.93. The van der Waals surface area contributed by atoms with E-state index in [0.29, 0.717) is 0 Å². The Hall–Kier alpha value is -3.30. The van der Waals surface area contributed by atoms with Gasteiger partial charge in [-0.2, -0.15) is 0 Å². The molecular formula is C16H14F2N2O6. The number of hydrogen-bond donors (Lipinski definition) is 2. The van der Waals surface area contributed by atoms with Gasteiger partial charge in [-0.3, -0.25) is 20.2 Å². The maximum absolute atomic E-state index is 13.8. The Bertz CT molecular complexity index is 831. The van der Waals surface area contributed by atoms with Gasteiger partial charge in [0.2, 0.25) is 6.43 Å². The highest BCUT2D eigenvalue weighted by Crippen LogP contribution is 2.41. The first-order valence-electron chi connectivity index (χ1n) is 7.28. The summed E-state index contributed by atoms with van der Waals surface area (Å²) in [6, 6.07) is 3.65. The smallest absolute Gasteiger partial charge is 0.311 e. The molecule has 0 amide bonds. The number of halogens is 2. The summed E-state index contributed by atoms with van der Waals surface area (Å²) in [6.07, 6.45) is -3.04. The van der Waals surface area contributed by atoms with Gasteiger partial charge in [0.25, 0.3) is 0 Å². The summed E-state index contributed by atoms with van der Waals surface area (Å²) in [4.78, 5) is 20.2. The van der Waals surface area contributed by atoms with Gasteiger partial charge < -0.3 is 10.2 Å². The number of rotatable bonds is 5. The molecule has 0 fully saturated rings. The van der Waals surface area contributed by atoms with Gasteiger partial charge in [0, 0.05) is 12.1 Å². The van der Waals surface area contributed by atoms with E-state index in [-0.39, 0.29) is 22.3 Å². The van der Waals surface area contributed by atoms with E-state index in [1.165, 1.54) is 13.8 Å². The van der Waals surface area contributed by atoms with E-state index >= 15 is 0 Å². The largest absolute Gasteiger partial charge is 0.502 e. The van der Waals surface area contributed by atoms with Crippen LogP contribution in [0.15, 0.2) is 24.3 Å². The van der Waals surface area contributed by atoms with Gasteiger partial charge in [-0.25, -0.2) is 8.78 Å². The molecule has 0 radical (unpaired) electrons. The molecule has 0 saturated heterocycles. The number of hydrogen-bond acceptors (Lipinski definition) is 6. The van der Waals surface area contributed by atoms with Crippen LogP contribution in [0.1, 0.15) is 28.2 Å². The van der Waals surface area contributed by atoms with Gasteiger partial charge >= 0.3 is 11.4 Å². The Kier molecular flexibility index (Phi) is 5.05. The molecule has 2 rings (SSSR count). The zero-order chi connectivity index (χ0) is 19.8. The van der Waals surface area contributed by atoms with E-state index in [1.807, 2.05) is 0 Å². The molecule has 0 aromatic heterocycles. The number of benzene rings is 2. The second-order valence-corrected chi connectivity index (χ2v) is 5.72. The summed E-state index contributed by atoms with van der Waals surface area (Å²) in [6.45, 7) is 2.77. The van der Waals surface area contributed by atoms with Crippen LogP contribution in [-0.4, -0.2) is 26.5 Å². The quantitative estimate of drug-likeness (QED) is 0.608. The lowest BCUT2D eigenvalue weighted by Crippen LogP contribution is -2.14. The Labute approximate surface area is 145 Å². The van der Waals surface area contributed by atoms with E-state index < -0.39 is 45.1 Å². The lowest BCUT2D eigenvalue weighted by molar-refractivity contribution is -0.386. The van der Waals surface area contributed by atoms with Gasteiger partial charge in [-0.15, -0.1) is 0 Å². The number of phenols is 2. The Balaban J connectivity index is 2.76. The topological polar surface area (TPSA) is 127 Å². The third kappa shape index (κ3) is 3.39. The van der Waals surface area contributed by atoms with Gasteiger partial charge in [-0.1, -0.05) is 0 Å². The average Bonchev–Trinajstić information content (AvgIpc) is 2.50. The highest BCUT2D eigenvalue weighted by atomic mass is 19.3. The molecule has 8 nitrogen and oxygen atoms in total. The number of nitro groups is 2. The number of nitrogens with zero attached hydrogens (tertiary/aromatic N) is 2. The van der Waals surface area contributed by atoms with Crippen molar-refractivity contribution in [2.24, 2.45) is 0 Å². The van der Waals surface area contributed by atoms with E-state index in [4.69, 9.17) is 0 Å². The standard InChI is InChI=1S/C16H14F2N2O6/c1-7-3-13(21)11(19(23)24)5-9(7)15(16(17)18)10-6-12(20(25)26)14(22)4-8(10)2/h3-6,15-16,21-22H,1-2H3. The van der Waals surface area contributed by atoms with Crippen molar-refractivity contribution in [3.63, 3.8) is 0 Å². The normalized spacial score (nSPS) is 11.2. The van der Waals surface area contributed by atoms with Gasteiger partial charge in [-0.05, 0) is 48.2 Å². The Morgan fingerprint density at radius 1 is 0.846 bits per heavy atom. The maximum Gasteiger partial charge on any atom is 0.311 e. The molecule has 0 aliphatic carbocycles. The minimum absolute atomic E-state index is 0.146. The molecule has 0 aliphatic rings. The van der Waals surface area contributed by atoms with Crippen LogP contribution < -0.4 is 0 Å². The maximum atomic E-state index is 13.8. The molecular weight excluding hydrogens is 354 g/mol. The van der Waals surface area contributed by atoms with Crippen LogP contribution in [-0.2, 0) is 0 Å². The van der Waals surface area contributed by atoms with Crippen LogP contribution in [0.5, 0.6) is 11.5 Å². The van der Waals surface area contributed by atoms with E-state index in [2.05, 4.69) is 0 Å². The van der Waals surface area contributed by atoms with Crippen molar-refractivity contribution in [1.82, 2.24) is 0 Å². The molecule has 2 N–H and O–H groups in total. The van der Waals surface area contributed by atoms with Crippen molar-refractivity contribution >= 4 is 11.4 Å². The number of aromatic hydroxyl groups is 2. The summed E-state index contributed by atoms with van der Waals surface area (Å²) < 4.78 is 27.7. The molecule has 0 spiro atoms. The van der Waals surface area contributed by atoms with Crippen molar-refractivity contribution in [1.29, 1.82) is 0 Å². The zero-order valence-electron chi connectivity index (χ0n) is 13.6. The van der Waals surface area contributed by atoms with Crippen LogP contribution in [0.25, 0.3) is 0 Å². The molecule has 0 heterocycles. The fraction of sp³-hybridized carbons (Fsp3) is 0.250. The van der Waals surface area contributed by atoms with Crippen molar-refractivity contribution in [3.05, 3.63) is 66.7 Å². The van der Waals surface area contributed by atoms with E-state index in [0.717, 1.165) is 24.3 Å². The molecule has 0 atom stereocenters. The minimum Gasteiger partial charge on any atom is -0.502 e. The second kappa shape index (κ2) is 6.90. The lowest BCUT2D eigenvalue weighted by Gasteiger charge is -2.21. The van der Waals surface area contributed by atoms with E-state index in [1.54, 1.807) is 0 Å². The van der Waals surface area contributed by atoms with Gasteiger partial charge in [0.1, 0.15) is 0 Å². The zero-order valence-corrected chi connectivity index (χ0v) is 13.6. The summed E-state index contributed by atoms with van der Waals surface area (Å²) in [5.41, 5.74) is -1.47. The Morgan fingerprint density at radius 2 is 1.19 bits per heavy atom. The molecule has 138 valence electrons. The van der Waals surface area contributed by atoms with Crippen molar-refractivity contribution in [2.75, 3.05) is 0 Å². The lowest BCUT2D eigenvalue weighted by atomic mass is 9.85. The highest BCUT2D eigenvalue weighted by molar-refractivity contribution is 5.57. The number of aryl methyl sites for hydroxylation is 2. The monoisotopic (exact) mass is 368 g/mol. The third-order valence-electron chi connectivity index (χ3n) is 4.04. The van der Waals surface area contributed by atoms with Crippen molar-refractivity contribution in [2.45, 2.75) is 26.2 Å². The molecule has 26 heavy (non-hydrogen) atoms. The highest BCUT2D eigenvalue weighted by Gasteiger charge is 2.32. The summed E-state index contributed by atoms with van der Waals surface area (Å²) in [7, 11) is 0. The summed E-state index contributed by atoms with van der Waals surface area (Å²) in [5, 5.41) is 41.3. The van der Waals surface area contributed by atoms with Crippen LogP contribution in [0.2, 0.25) is 0 Å². The van der Waals surface area contributed by atoms with Crippen LogP contribution >= 0.6 is 0 Å². The number of nitro benzene ring substituents is 2. The fourth-order valence-corrected chi connectivity index (χ4v) is 2.80. The summed E-state index contributed by atoms with van der Waals surface area (Å²) in [5.74, 6) is -3.05. The van der Waals surface area contributed by atoms with Crippen LogP contribution in [0.4, 0.5) is 20.2 Å². The first kappa shape index (κ1) is 19.0. The van der Waals surface area contributed by atoms with Crippen LogP contribution in [0, 0.1) is 34.1 Å². The molecule has 0 unspecified atom stereocenters. The molecule has 0 saturated carbocycles. The minimum atomic E-state index is -3.04. The first-order chi connectivity index (χ1) is 12.0. The SMILES string of the molecule is Cc1cc(O)c([N+](=O)[O-])cc1C(c1cc([N+](=O)[O-])c(O)cc1C)C(F)F. The number of phenolic OH excluding ortho intramolecular Hbond substituents is 2. The van der Waals surface area contributed by atoms with Gasteiger partial charge in [0.05, 0.1) is 15.8 Å². The van der Waals surface area contributed by atoms with Crippen LogP contribution in [0.3, 0.4) is 0 Å². The molecule has 0 bridgehead atoms. The number of alkyl halides is 2. The summed E-state index contributed by atoms with van der Waals surface area (Å²) >= 11 is 0. The van der Waals surface area contributed by atoms with E-state index in [9.17, 15) is 39.2 Å². The van der Waals surface area contributed by atoms with Crippen molar-refractivity contribution in [3.8, 4) is 11.5 Å².